The van der Waals surface area contributed by atoms with Gasteiger partial charge in [-0.2, -0.15) is 0 Å². The van der Waals surface area contributed by atoms with E-state index in [-0.39, 0.29) is 5.54 Å². The number of hydrogen-bond acceptors (Lipinski definition) is 7. The molecule has 1 heterocycles. The number of ether oxygens (including phenoxy) is 1. The van der Waals surface area contributed by atoms with Gasteiger partial charge in [-0.05, 0) is 39.0 Å². The molecular formula is C16H24N4O2S. The first-order valence-electron chi connectivity index (χ1n) is 7.64. The van der Waals surface area contributed by atoms with Crippen LogP contribution in [0.2, 0.25) is 0 Å². The summed E-state index contributed by atoms with van der Waals surface area (Å²) in [4.78, 5) is 23.3. The van der Waals surface area contributed by atoms with Crippen LogP contribution < -0.4 is 5.32 Å². The van der Waals surface area contributed by atoms with Crippen molar-refractivity contribution in [2.75, 3.05) is 32.3 Å². The van der Waals surface area contributed by atoms with Gasteiger partial charge in [-0.15, -0.1) is 0 Å². The van der Waals surface area contributed by atoms with Crippen LogP contribution in [0, 0.1) is 0 Å². The van der Waals surface area contributed by atoms with Gasteiger partial charge >= 0.3 is 5.97 Å². The average molecular weight is 336 g/mol. The predicted octanol–water partition coefficient (Wildman–Crippen LogP) is 2.87. The van der Waals surface area contributed by atoms with Gasteiger partial charge in [-0.3, -0.25) is 0 Å². The number of thioether (sulfide) groups is 1. The number of aromatic nitrogens is 2. The van der Waals surface area contributed by atoms with Crippen molar-refractivity contribution in [3.63, 3.8) is 0 Å². The van der Waals surface area contributed by atoms with Gasteiger partial charge in [0, 0.05) is 25.8 Å². The molecule has 0 unspecified atom stereocenters. The minimum Gasteiger partial charge on any atom is -0.462 e. The molecule has 0 aromatic carbocycles. The molecule has 1 N–H and O–H groups in total. The number of carbonyl (C=O) groups is 1. The first-order valence-corrected chi connectivity index (χ1v) is 8.87. The predicted molar refractivity (Wildman–Crippen MR) is 93.8 cm³/mol. The molecule has 7 heteroatoms. The van der Waals surface area contributed by atoms with E-state index in [4.69, 9.17) is 4.74 Å². The summed E-state index contributed by atoms with van der Waals surface area (Å²) >= 11 is 1.45. The Morgan fingerprint density at radius 3 is 2.65 bits per heavy atom. The largest absolute Gasteiger partial charge is 0.462 e. The third-order valence-electron chi connectivity index (χ3n) is 3.53. The lowest BCUT2D eigenvalue weighted by molar-refractivity contribution is 0.0526. The normalized spacial score (nSPS) is 15.5. The van der Waals surface area contributed by atoms with E-state index >= 15 is 0 Å². The number of nitrogens with one attached hydrogen (secondary N) is 1. The van der Waals surface area contributed by atoms with Crippen LogP contribution in [-0.2, 0) is 4.74 Å². The second-order valence-electron chi connectivity index (χ2n) is 6.00. The zero-order chi connectivity index (χ0) is 17.0. The van der Waals surface area contributed by atoms with E-state index in [1.165, 1.54) is 11.8 Å². The van der Waals surface area contributed by atoms with Crippen LogP contribution in [-0.4, -0.2) is 53.3 Å². The highest BCUT2D eigenvalue weighted by molar-refractivity contribution is 7.98. The minimum absolute atomic E-state index is 0.00775. The second kappa shape index (κ2) is 7.21. The number of carbonyl (C=O) groups excluding carboxylic acids is 1. The first kappa shape index (κ1) is 17.6. The summed E-state index contributed by atoms with van der Waals surface area (Å²) in [5.74, 6) is 0.159. The minimum atomic E-state index is -0.398. The molecule has 2 rings (SSSR count). The van der Waals surface area contributed by atoms with Crippen molar-refractivity contribution in [2.24, 2.45) is 0 Å². The van der Waals surface area contributed by atoms with E-state index in [1.807, 2.05) is 37.5 Å². The van der Waals surface area contributed by atoms with Gasteiger partial charge in [0.15, 0.2) is 5.16 Å². The maximum Gasteiger partial charge on any atom is 0.344 e. The first-order chi connectivity index (χ1) is 10.9. The molecule has 1 saturated carbocycles. The Hall–Kier alpha value is -1.76. The number of anilines is 1. The van der Waals surface area contributed by atoms with Crippen LogP contribution in [0.4, 0.5) is 5.82 Å². The van der Waals surface area contributed by atoms with Gasteiger partial charge in [0.2, 0.25) is 0 Å². The molecule has 0 bridgehead atoms. The molecule has 126 valence electrons. The Bertz CT molecular complexity index is 612. The molecule has 6 nitrogen and oxygen atoms in total. The Balaban J connectivity index is 2.51. The Kier molecular flexibility index (Phi) is 5.51. The van der Waals surface area contributed by atoms with Crippen LogP contribution in [0.1, 0.15) is 42.7 Å². The van der Waals surface area contributed by atoms with Gasteiger partial charge in [-0.1, -0.05) is 11.8 Å². The third-order valence-corrected chi connectivity index (χ3v) is 4.08. The summed E-state index contributed by atoms with van der Waals surface area (Å²) < 4.78 is 5.21. The standard InChI is InChI=1S/C16H24N4O2S/c1-6-22-14(21)12-11(7-10-20(3)4)17-15(23-5)18-13(12)19-16(2)8-9-16/h7,10H,6,8-9H2,1-5H3,(H,17,18,19)/b10-7+. The summed E-state index contributed by atoms with van der Waals surface area (Å²) in [7, 11) is 3.84. The molecule has 1 aromatic rings. The summed E-state index contributed by atoms with van der Waals surface area (Å²) in [6, 6.07) is 0. The summed E-state index contributed by atoms with van der Waals surface area (Å²) in [6.45, 7) is 4.23. The third kappa shape index (κ3) is 4.60. The van der Waals surface area contributed by atoms with Crippen LogP contribution in [0.5, 0.6) is 0 Å². The number of hydrogen-bond donors (Lipinski definition) is 1. The molecule has 0 atom stereocenters. The Labute approximate surface area is 141 Å². The Morgan fingerprint density at radius 2 is 2.13 bits per heavy atom. The summed E-state index contributed by atoms with van der Waals surface area (Å²) in [6.07, 6.45) is 7.72. The molecular weight excluding hydrogens is 312 g/mol. The van der Waals surface area contributed by atoms with Gasteiger partial charge in [-0.25, -0.2) is 14.8 Å². The maximum atomic E-state index is 12.4. The van der Waals surface area contributed by atoms with E-state index in [0.717, 1.165) is 12.8 Å². The highest BCUT2D eigenvalue weighted by Crippen LogP contribution is 2.39. The van der Waals surface area contributed by atoms with Crippen molar-refractivity contribution >= 4 is 29.6 Å². The lowest BCUT2D eigenvalue weighted by Crippen LogP contribution is -2.22. The van der Waals surface area contributed by atoms with E-state index < -0.39 is 5.97 Å². The molecule has 1 aliphatic carbocycles. The fourth-order valence-electron chi connectivity index (χ4n) is 1.98. The zero-order valence-corrected chi connectivity index (χ0v) is 15.2. The van der Waals surface area contributed by atoms with Crippen LogP contribution >= 0.6 is 11.8 Å². The SMILES string of the molecule is CCOC(=O)c1c(/C=C/N(C)C)nc(SC)nc1NC1(C)CC1. The molecule has 0 aliphatic heterocycles. The van der Waals surface area contributed by atoms with Crippen LogP contribution in [0.3, 0.4) is 0 Å². The molecule has 1 fully saturated rings. The number of rotatable bonds is 7. The molecule has 1 aliphatic rings. The van der Waals surface area contributed by atoms with E-state index in [2.05, 4.69) is 22.2 Å². The van der Waals surface area contributed by atoms with E-state index in [0.29, 0.717) is 28.8 Å². The van der Waals surface area contributed by atoms with Crippen molar-refractivity contribution < 1.29 is 9.53 Å². The number of esters is 1. The fourth-order valence-corrected chi connectivity index (χ4v) is 2.35. The second-order valence-corrected chi connectivity index (χ2v) is 6.78. The lowest BCUT2D eigenvalue weighted by atomic mass is 10.2. The highest BCUT2D eigenvalue weighted by atomic mass is 32.2. The maximum absolute atomic E-state index is 12.4. The summed E-state index contributed by atoms with van der Waals surface area (Å²) in [5.41, 5.74) is 0.979. The quantitative estimate of drug-likeness (QED) is 0.466. The van der Waals surface area contributed by atoms with Crippen molar-refractivity contribution in [1.82, 2.24) is 14.9 Å². The monoisotopic (exact) mass is 336 g/mol. The zero-order valence-electron chi connectivity index (χ0n) is 14.3. The van der Waals surface area contributed by atoms with E-state index in [1.54, 1.807) is 6.92 Å². The van der Waals surface area contributed by atoms with Crippen molar-refractivity contribution in [1.29, 1.82) is 0 Å². The molecule has 0 radical (unpaired) electrons. The molecule has 23 heavy (non-hydrogen) atoms. The smallest absolute Gasteiger partial charge is 0.344 e. The van der Waals surface area contributed by atoms with Gasteiger partial charge < -0.3 is 15.0 Å². The Morgan fingerprint density at radius 1 is 1.43 bits per heavy atom. The topological polar surface area (TPSA) is 67.3 Å². The van der Waals surface area contributed by atoms with Crippen LogP contribution in [0.15, 0.2) is 11.4 Å². The molecule has 0 saturated heterocycles. The van der Waals surface area contributed by atoms with Gasteiger partial charge in [0.25, 0.3) is 0 Å². The molecule has 0 amide bonds. The summed E-state index contributed by atoms with van der Waals surface area (Å²) in [5, 5.41) is 4.02. The van der Waals surface area contributed by atoms with Gasteiger partial charge in [0.1, 0.15) is 11.4 Å². The van der Waals surface area contributed by atoms with E-state index in [9.17, 15) is 4.79 Å². The van der Waals surface area contributed by atoms with Crippen LogP contribution in [0.25, 0.3) is 6.08 Å². The average Bonchev–Trinajstić information content (AvgIpc) is 3.21. The highest BCUT2D eigenvalue weighted by Gasteiger charge is 2.39. The lowest BCUT2D eigenvalue weighted by Gasteiger charge is -2.17. The molecule has 0 spiro atoms. The fraction of sp³-hybridized carbons (Fsp3) is 0.562. The molecule has 1 aromatic heterocycles. The number of nitrogens with zero attached hydrogens (tertiary/aromatic N) is 3. The van der Waals surface area contributed by atoms with Crippen molar-refractivity contribution in [3.8, 4) is 0 Å². The van der Waals surface area contributed by atoms with Crippen molar-refractivity contribution in [2.45, 2.75) is 37.4 Å². The van der Waals surface area contributed by atoms with Gasteiger partial charge in [0.05, 0.1) is 12.3 Å². The van der Waals surface area contributed by atoms with Crippen molar-refractivity contribution in [3.05, 3.63) is 17.5 Å².